The number of methoxy groups -OCH3 is 1. The second kappa shape index (κ2) is 6.45. The molecule has 2 aromatic carbocycles. The van der Waals surface area contributed by atoms with Crippen molar-refractivity contribution in [3.05, 3.63) is 52.5 Å². The zero-order valence-electron chi connectivity index (χ0n) is 11.2. The Morgan fingerprint density at radius 1 is 1.19 bits per heavy atom. The average Bonchev–Trinajstić information content (AvgIpc) is 2.49. The van der Waals surface area contributed by atoms with Gasteiger partial charge >= 0.3 is 5.97 Å². The molecule has 0 radical (unpaired) electrons. The van der Waals surface area contributed by atoms with E-state index in [9.17, 15) is 15.0 Å². The Balaban J connectivity index is 2.66. The van der Waals surface area contributed by atoms with Crippen LogP contribution in [0.1, 0.15) is 5.56 Å². The lowest BCUT2D eigenvalue weighted by atomic mass is 9.97. The zero-order chi connectivity index (χ0) is 15.4. The molecular weight excluding hydrogens is 336 g/mol. The number of phenolic OH excluding ortho intramolecular Hbond substituents is 2. The molecule has 0 fully saturated rings. The molecule has 0 aliphatic rings. The van der Waals surface area contributed by atoms with Crippen LogP contribution in [0.25, 0.3) is 17.2 Å². The van der Waals surface area contributed by atoms with Gasteiger partial charge in [-0.2, -0.15) is 0 Å². The van der Waals surface area contributed by atoms with Crippen molar-refractivity contribution in [1.29, 1.82) is 0 Å². The summed E-state index contributed by atoms with van der Waals surface area (Å²) in [6, 6.07) is 10.4. The summed E-state index contributed by atoms with van der Waals surface area (Å²) in [6.45, 7) is 0. The molecule has 2 aromatic rings. The summed E-state index contributed by atoms with van der Waals surface area (Å²) >= 11 is 3.27. The molecule has 108 valence electrons. The molecule has 0 heterocycles. The van der Waals surface area contributed by atoms with Crippen molar-refractivity contribution in [2.75, 3.05) is 7.11 Å². The van der Waals surface area contributed by atoms with E-state index in [0.29, 0.717) is 15.6 Å². The monoisotopic (exact) mass is 348 g/mol. The average molecular weight is 349 g/mol. The maximum atomic E-state index is 11.3. The number of carbonyl (C=O) groups is 1. The van der Waals surface area contributed by atoms with Crippen LogP contribution in [0, 0.1) is 0 Å². The summed E-state index contributed by atoms with van der Waals surface area (Å²) in [7, 11) is 1.28. The molecule has 0 bridgehead atoms. The number of benzene rings is 2. The Morgan fingerprint density at radius 3 is 2.48 bits per heavy atom. The number of halogens is 1. The van der Waals surface area contributed by atoms with E-state index in [1.807, 2.05) is 30.3 Å². The van der Waals surface area contributed by atoms with Crippen LogP contribution < -0.4 is 0 Å². The van der Waals surface area contributed by atoms with Crippen molar-refractivity contribution < 1.29 is 19.7 Å². The van der Waals surface area contributed by atoms with Gasteiger partial charge in [0.05, 0.1) is 11.6 Å². The van der Waals surface area contributed by atoms with E-state index < -0.39 is 5.97 Å². The van der Waals surface area contributed by atoms with Crippen LogP contribution in [0.3, 0.4) is 0 Å². The molecule has 0 aliphatic carbocycles. The summed E-state index contributed by atoms with van der Waals surface area (Å²) < 4.78 is 4.94. The minimum Gasteiger partial charge on any atom is -0.507 e. The first-order valence-corrected chi connectivity index (χ1v) is 6.89. The first kappa shape index (κ1) is 15.1. The zero-order valence-corrected chi connectivity index (χ0v) is 12.8. The normalized spacial score (nSPS) is 10.8. The van der Waals surface area contributed by atoms with E-state index in [-0.39, 0.29) is 11.5 Å². The van der Waals surface area contributed by atoms with Crippen molar-refractivity contribution >= 4 is 28.0 Å². The Labute approximate surface area is 130 Å². The molecule has 0 amide bonds. The Kier molecular flexibility index (Phi) is 4.65. The molecule has 0 unspecified atom stereocenters. The van der Waals surface area contributed by atoms with Crippen molar-refractivity contribution in [1.82, 2.24) is 0 Å². The number of hydrogen-bond acceptors (Lipinski definition) is 4. The number of phenols is 2. The number of hydrogen-bond donors (Lipinski definition) is 2. The van der Waals surface area contributed by atoms with Gasteiger partial charge in [-0.25, -0.2) is 4.79 Å². The fraction of sp³-hybridized carbons (Fsp3) is 0.0625. The first-order valence-electron chi connectivity index (χ1n) is 6.10. The number of rotatable bonds is 3. The molecule has 4 nitrogen and oxygen atoms in total. The lowest BCUT2D eigenvalue weighted by Gasteiger charge is -2.12. The quantitative estimate of drug-likeness (QED) is 0.655. The summed E-state index contributed by atoms with van der Waals surface area (Å²) in [4.78, 5) is 11.3. The van der Waals surface area contributed by atoms with Crippen LogP contribution in [0.2, 0.25) is 0 Å². The molecule has 0 atom stereocenters. The van der Waals surface area contributed by atoms with Crippen molar-refractivity contribution in [2.24, 2.45) is 0 Å². The lowest BCUT2D eigenvalue weighted by molar-refractivity contribution is -0.134. The molecule has 2 rings (SSSR count). The fourth-order valence-electron chi connectivity index (χ4n) is 1.93. The smallest absolute Gasteiger partial charge is 0.330 e. The lowest BCUT2D eigenvalue weighted by Crippen LogP contribution is -1.94. The van der Waals surface area contributed by atoms with E-state index in [0.717, 1.165) is 5.56 Å². The van der Waals surface area contributed by atoms with Crippen molar-refractivity contribution in [2.45, 2.75) is 0 Å². The van der Waals surface area contributed by atoms with E-state index >= 15 is 0 Å². The molecular formula is C16H13BrO4. The maximum Gasteiger partial charge on any atom is 0.330 e. The summed E-state index contributed by atoms with van der Waals surface area (Å²) in [5, 5.41) is 20.0. The molecule has 0 aliphatic heterocycles. The Hall–Kier alpha value is -2.27. The summed E-state index contributed by atoms with van der Waals surface area (Å²) in [6.07, 6.45) is 2.71. The van der Waals surface area contributed by atoms with Crippen LogP contribution in [0.5, 0.6) is 11.5 Å². The number of carbonyl (C=O) groups excluding carboxylic acids is 1. The Bertz CT molecular complexity index is 693. The van der Waals surface area contributed by atoms with Gasteiger partial charge in [-0.3, -0.25) is 0 Å². The predicted molar refractivity (Wildman–Crippen MR) is 84.0 cm³/mol. The first-order chi connectivity index (χ1) is 10.0. The third-order valence-electron chi connectivity index (χ3n) is 2.91. The third-order valence-corrected chi connectivity index (χ3v) is 3.74. The molecule has 0 saturated carbocycles. The third kappa shape index (κ3) is 3.25. The van der Waals surface area contributed by atoms with Crippen LogP contribution in [-0.4, -0.2) is 23.3 Å². The molecule has 0 spiro atoms. The molecule has 2 N–H and O–H groups in total. The van der Waals surface area contributed by atoms with Gasteiger partial charge < -0.3 is 14.9 Å². The van der Waals surface area contributed by atoms with Gasteiger partial charge in [-0.1, -0.05) is 30.3 Å². The highest BCUT2D eigenvalue weighted by molar-refractivity contribution is 9.10. The Morgan fingerprint density at radius 2 is 1.86 bits per heavy atom. The van der Waals surface area contributed by atoms with E-state index in [4.69, 9.17) is 0 Å². The van der Waals surface area contributed by atoms with Crippen LogP contribution in [0.4, 0.5) is 0 Å². The van der Waals surface area contributed by atoms with E-state index in [1.165, 1.54) is 25.3 Å². The standard InChI is InChI=1S/C16H13BrO4/c1-21-14(20)8-7-11-15(10-5-3-2-4-6-10)12(18)9-13(19)16(11)17/h2-9,18-19H,1H3/b8-7+. The van der Waals surface area contributed by atoms with Gasteiger partial charge in [0, 0.05) is 23.3 Å². The topological polar surface area (TPSA) is 66.8 Å². The fourth-order valence-corrected chi connectivity index (χ4v) is 2.38. The molecule has 21 heavy (non-hydrogen) atoms. The second-order valence-corrected chi connectivity index (χ2v) is 5.03. The predicted octanol–water partition coefficient (Wildman–Crippen LogP) is 3.71. The summed E-state index contributed by atoms with van der Waals surface area (Å²) in [5.74, 6) is -0.716. The molecule has 0 aromatic heterocycles. The number of esters is 1. The second-order valence-electron chi connectivity index (χ2n) is 4.24. The maximum absolute atomic E-state index is 11.3. The molecule has 0 saturated heterocycles. The van der Waals surface area contributed by atoms with Gasteiger partial charge in [0.15, 0.2) is 0 Å². The minimum absolute atomic E-state index is 0.0774. The van der Waals surface area contributed by atoms with E-state index in [1.54, 1.807) is 0 Å². The van der Waals surface area contributed by atoms with Gasteiger partial charge in [0.1, 0.15) is 11.5 Å². The van der Waals surface area contributed by atoms with Crippen molar-refractivity contribution in [3.8, 4) is 22.6 Å². The van der Waals surface area contributed by atoms with Crippen molar-refractivity contribution in [3.63, 3.8) is 0 Å². The van der Waals surface area contributed by atoms with Gasteiger partial charge in [-0.05, 0) is 27.6 Å². The number of aromatic hydroxyl groups is 2. The largest absolute Gasteiger partial charge is 0.507 e. The van der Waals surface area contributed by atoms with Crippen LogP contribution in [-0.2, 0) is 9.53 Å². The highest BCUT2D eigenvalue weighted by atomic mass is 79.9. The highest BCUT2D eigenvalue weighted by Crippen LogP contribution is 2.42. The summed E-state index contributed by atoms with van der Waals surface area (Å²) in [5.41, 5.74) is 1.77. The van der Waals surface area contributed by atoms with Crippen LogP contribution in [0.15, 0.2) is 46.9 Å². The van der Waals surface area contributed by atoms with Gasteiger partial charge in [0.25, 0.3) is 0 Å². The van der Waals surface area contributed by atoms with Gasteiger partial charge in [0.2, 0.25) is 0 Å². The number of ether oxygens (including phenoxy) is 1. The SMILES string of the molecule is COC(=O)/C=C/c1c(Br)c(O)cc(O)c1-c1ccccc1. The molecule has 5 heteroatoms. The van der Waals surface area contributed by atoms with Gasteiger partial charge in [-0.15, -0.1) is 0 Å². The minimum atomic E-state index is -0.524. The van der Waals surface area contributed by atoms with E-state index in [2.05, 4.69) is 20.7 Å². The van der Waals surface area contributed by atoms with Crippen LogP contribution >= 0.6 is 15.9 Å². The highest BCUT2D eigenvalue weighted by Gasteiger charge is 2.16.